The molecule has 3 rings (SSSR count). The molecule has 2 N–H and O–H groups in total. The molecule has 0 aliphatic rings. The monoisotopic (exact) mass is 333 g/mol. The van der Waals surface area contributed by atoms with Crippen LogP contribution in [-0.2, 0) is 12.6 Å². The molecule has 1 aromatic heterocycles. The Kier molecular flexibility index (Phi) is 3.99. The SMILES string of the molecule is CC(C)n1c(Cc2ccc(C(F)(F)F)cc2)nc2ccc(N)cc21. The van der Waals surface area contributed by atoms with Gasteiger partial charge in [-0.25, -0.2) is 4.98 Å². The van der Waals surface area contributed by atoms with E-state index in [2.05, 4.69) is 9.55 Å². The first-order valence-electron chi connectivity index (χ1n) is 7.68. The first-order valence-corrected chi connectivity index (χ1v) is 7.68. The van der Waals surface area contributed by atoms with Crippen molar-refractivity contribution in [2.75, 3.05) is 5.73 Å². The number of hydrogen-bond donors (Lipinski definition) is 1. The van der Waals surface area contributed by atoms with Gasteiger partial charge in [0.15, 0.2) is 0 Å². The number of halogens is 3. The molecule has 1 heterocycles. The zero-order valence-corrected chi connectivity index (χ0v) is 13.4. The van der Waals surface area contributed by atoms with Gasteiger partial charge in [-0.15, -0.1) is 0 Å². The Balaban J connectivity index is 1.99. The largest absolute Gasteiger partial charge is 0.416 e. The quantitative estimate of drug-likeness (QED) is 0.699. The van der Waals surface area contributed by atoms with Crippen molar-refractivity contribution in [3.8, 4) is 0 Å². The summed E-state index contributed by atoms with van der Waals surface area (Å²) in [6, 6.07) is 10.9. The van der Waals surface area contributed by atoms with E-state index in [0.29, 0.717) is 12.1 Å². The smallest absolute Gasteiger partial charge is 0.399 e. The fraction of sp³-hybridized carbons (Fsp3) is 0.278. The molecule has 0 atom stereocenters. The number of rotatable bonds is 3. The Morgan fingerprint density at radius 2 is 1.75 bits per heavy atom. The maximum absolute atomic E-state index is 12.7. The fourth-order valence-corrected chi connectivity index (χ4v) is 2.85. The topological polar surface area (TPSA) is 43.8 Å². The van der Waals surface area contributed by atoms with E-state index in [1.807, 2.05) is 26.0 Å². The van der Waals surface area contributed by atoms with Gasteiger partial charge >= 0.3 is 6.18 Å². The molecule has 0 aliphatic heterocycles. The van der Waals surface area contributed by atoms with Crippen LogP contribution in [0.4, 0.5) is 18.9 Å². The summed E-state index contributed by atoms with van der Waals surface area (Å²) in [5, 5.41) is 0. The van der Waals surface area contributed by atoms with Crippen LogP contribution in [0.25, 0.3) is 11.0 Å². The number of nitrogen functional groups attached to an aromatic ring is 1. The van der Waals surface area contributed by atoms with Crippen molar-refractivity contribution in [1.82, 2.24) is 9.55 Å². The maximum atomic E-state index is 12.7. The van der Waals surface area contributed by atoms with E-state index in [4.69, 9.17) is 5.73 Å². The predicted molar refractivity (Wildman–Crippen MR) is 88.8 cm³/mol. The van der Waals surface area contributed by atoms with Crippen molar-refractivity contribution in [3.63, 3.8) is 0 Å². The highest BCUT2D eigenvalue weighted by Gasteiger charge is 2.30. The molecule has 0 amide bonds. The summed E-state index contributed by atoms with van der Waals surface area (Å²) in [7, 11) is 0. The van der Waals surface area contributed by atoms with Gasteiger partial charge in [0.2, 0.25) is 0 Å². The number of fused-ring (bicyclic) bond motifs is 1. The highest BCUT2D eigenvalue weighted by Crippen LogP contribution is 2.30. The van der Waals surface area contributed by atoms with Crippen molar-refractivity contribution in [2.24, 2.45) is 0 Å². The zero-order chi connectivity index (χ0) is 17.5. The molecule has 24 heavy (non-hydrogen) atoms. The van der Waals surface area contributed by atoms with Crippen LogP contribution >= 0.6 is 0 Å². The molecule has 2 aromatic carbocycles. The molecule has 0 bridgehead atoms. The summed E-state index contributed by atoms with van der Waals surface area (Å²) in [5.74, 6) is 0.811. The lowest BCUT2D eigenvalue weighted by atomic mass is 10.1. The van der Waals surface area contributed by atoms with Gasteiger partial charge in [-0.1, -0.05) is 12.1 Å². The minimum Gasteiger partial charge on any atom is -0.399 e. The lowest BCUT2D eigenvalue weighted by molar-refractivity contribution is -0.137. The average molecular weight is 333 g/mol. The van der Waals surface area contributed by atoms with Crippen LogP contribution in [0.15, 0.2) is 42.5 Å². The lowest BCUT2D eigenvalue weighted by Crippen LogP contribution is -2.08. The van der Waals surface area contributed by atoms with Gasteiger partial charge in [0, 0.05) is 18.2 Å². The van der Waals surface area contributed by atoms with E-state index in [9.17, 15) is 13.2 Å². The summed E-state index contributed by atoms with van der Waals surface area (Å²) in [6.45, 7) is 4.08. The van der Waals surface area contributed by atoms with Crippen LogP contribution in [0.1, 0.15) is 36.8 Å². The second-order valence-corrected chi connectivity index (χ2v) is 6.11. The third-order valence-corrected chi connectivity index (χ3v) is 3.95. The minimum atomic E-state index is -4.32. The summed E-state index contributed by atoms with van der Waals surface area (Å²) in [5.41, 5.74) is 8.44. The van der Waals surface area contributed by atoms with Gasteiger partial charge in [0.05, 0.1) is 16.6 Å². The molecular formula is C18H18F3N3. The van der Waals surface area contributed by atoms with Crippen molar-refractivity contribution >= 4 is 16.7 Å². The van der Waals surface area contributed by atoms with E-state index in [1.165, 1.54) is 12.1 Å². The van der Waals surface area contributed by atoms with Crippen LogP contribution in [0.3, 0.4) is 0 Å². The van der Waals surface area contributed by atoms with Gasteiger partial charge < -0.3 is 10.3 Å². The lowest BCUT2D eigenvalue weighted by Gasteiger charge is -2.14. The summed E-state index contributed by atoms with van der Waals surface area (Å²) in [6.07, 6.45) is -3.86. The van der Waals surface area contributed by atoms with Crippen molar-refractivity contribution in [3.05, 3.63) is 59.4 Å². The molecule has 0 unspecified atom stereocenters. The molecule has 0 spiro atoms. The number of nitrogens with zero attached hydrogens (tertiary/aromatic N) is 2. The van der Waals surface area contributed by atoms with E-state index in [-0.39, 0.29) is 6.04 Å². The van der Waals surface area contributed by atoms with Gasteiger partial charge in [0.1, 0.15) is 5.82 Å². The number of alkyl halides is 3. The van der Waals surface area contributed by atoms with Crippen LogP contribution in [0.2, 0.25) is 0 Å². The first-order chi connectivity index (χ1) is 11.3. The summed E-state index contributed by atoms with van der Waals surface area (Å²) in [4.78, 5) is 4.63. The van der Waals surface area contributed by atoms with Crippen molar-refractivity contribution < 1.29 is 13.2 Å². The highest BCUT2D eigenvalue weighted by molar-refractivity contribution is 5.80. The van der Waals surface area contributed by atoms with Gasteiger partial charge in [-0.2, -0.15) is 13.2 Å². The van der Waals surface area contributed by atoms with Gasteiger partial charge in [-0.3, -0.25) is 0 Å². The fourth-order valence-electron chi connectivity index (χ4n) is 2.85. The molecule has 0 aliphatic carbocycles. The Labute approximate surface area is 137 Å². The Morgan fingerprint density at radius 1 is 1.08 bits per heavy atom. The molecule has 3 aromatic rings. The van der Waals surface area contributed by atoms with Gasteiger partial charge in [-0.05, 0) is 49.7 Å². The van der Waals surface area contributed by atoms with Crippen LogP contribution in [0.5, 0.6) is 0 Å². The Hall–Kier alpha value is -2.50. The number of imidazole rings is 1. The molecule has 126 valence electrons. The average Bonchev–Trinajstić information content (AvgIpc) is 2.84. The number of aromatic nitrogens is 2. The van der Waals surface area contributed by atoms with Crippen LogP contribution in [-0.4, -0.2) is 9.55 Å². The highest BCUT2D eigenvalue weighted by atomic mass is 19.4. The van der Waals surface area contributed by atoms with Crippen LogP contribution < -0.4 is 5.73 Å². The van der Waals surface area contributed by atoms with E-state index >= 15 is 0 Å². The van der Waals surface area contributed by atoms with E-state index < -0.39 is 11.7 Å². The standard InChI is InChI=1S/C18H18F3N3/c1-11(2)24-16-10-14(22)7-8-15(16)23-17(24)9-12-3-5-13(6-4-12)18(19,20)21/h3-8,10-11H,9,22H2,1-2H3. The third-order valence-electron chi connectivity index (χ3n) is 3.95. The second-order valence-electron chi connectivity index (χ2n) is 6.11. The zero-order valence-electron chi connectivity index (χ0n) is 13.4. The van der Waals surface area contributed by atoms with Crippen molar-refractivity contribution in [1.29, 1.82) is 0 Å². The summed E-state index contributed by atoms with van der Waals surface area (Å²) < 4.78 is 40.1. The Bertz CT molecular complexity index is 862. The number of nitrogens with two attached hydrogens (primary N) is 1. The maximum Gasteiger partial charge on any atom is 0.416 e. The van der Waals surface area contributed by atoms with Crippen molar-refractivity contribution in [2.45, 2.75) is 32.5 Å². The predicted octanol–water partition coefficient (Wildman–Crippen LogP) is 4.81. The molecule has 6 heteroatoms. The number of benzene rings is 2. The number of anilines is 1. The molecule has 0 saturated carbocycles. The van der Waals surface area contributed by atoms with Crippen LogP contribution in [0, 0.1) is 0 Å². The van der Waals surface area contributed by atoms with Gasteiger partial charge in [0.25, 0.3) is 0 Å². The minimum absolute atomic E-state index is 0.168. The van der Waals surface area contributed by atoms with E-state index in [0.717, 1.165) is 34.6 Å². The second kappa shape index (κ2) is 5.85. The molecular weight excluding hydrogens is 315 g/mol. The molecule has 3 nitrogen and oxygen atoms in total. The molecule has 0 radical (unpaired) electrons. The normalized spacial score (nSPS) is 12.2. The summed E-state index contributed by atoms with van der Waals surface area (Å²) >= 11 is 0. The Morgan fingerprint density at radius 3 is 2.33 bits per heavy atom. The third kappa shape index (κ3) is 3.09. The first kappa shape index (κ1) is 16.4. The molecule has 0 saturated heterocycles. The molecule has 0 fully saturated rings. The number of hydrogen-bond acceptors (Lipinski definition) is 2. The van der Waals surface area contributed by atoms with E-state index in [1.54, 1.807) is 6.07 Å².